The van der Waals surface area contributed by atoms with E-state index in [1.807, 2.05) is 0 Å². The maximum Gasteiger partial charge on any atom is 1.00 e. The van der Waals surface area contributed by atoms with Crippen molar-refractivity contribution in [3.8, 4) is 0 Å². The topological polar surface area (TPSA) is 0 Å². The van der Waals surface area contributed by atoms with Gasteiger partial charge in [-0.25, -0.2) is 0 Å². The molecule has 1 heteroatoms. The first-order chi connectivity index (χ1) is 6.63. The predicted molar refractivity (Wildman–Crippen MR) is 64.5 cm³/mol. The fraction of sp³-hybridized carbons (Fsp3) is 0.357. The maximum absolute atomic E-state index is 2.26. The third-order valence-electron chi connectivity index (χ3n) is 2.22. The van der Waals surface area contributed by atoms with Gasteiger partial charge < -0.3 is 0 Å². The molecular formula is C14H19Ru. The van der Waals surface area contributed by atoms with Crippen LogP contribution in [0, 0.1) is 0 Å². The molecule has 0 aliphatic heterocycles. The van der Waals surface area contributed by atoms with Gasteiger partial charge in [0.1, 0.15) is 0 Å². The molecule has 83 valence electrons. The van der Waals surface area contributed by atoms with Gasteiger partial charge in [-0.3, -0.25) is 0 Å². The first kappa shape index (κ1) is 14.5. The molecule has 0 nitrogen and oxygen atoms in total. The Morgan fingerprint density at radius 3 is 2.53 bits per heavy atom. The van der Waals surface area contributed by atoms with Crippen molar-refractivity contribution in [2.45, 2.75) is 34.1 Å². The summed E-state index contributed by atoms with van der Waals surface area (Å²) in [5.41, 5.74) is 5.48. The standard InChI is InChI=1S/C14H19.Ru/c1-5-13-7-6-8-14(13)10-12(4)9-11(2)3;/h6-10H,5H2,1-4H3;/q-1;+1. The van der Waals surface area contributed by atoms with Crippen LogP contribution in [-0.4, -0.2) is 0 Å². The Labute approximate surface area is 106 Å². The van der Waals surface area contributed by atoms with Gasteiger partial charge >= 0.3 is 19.5 Å². The second kappa shape index (κ2) is 6.85. The zero-order valence-electron chi connectivity index (χ0n) is 9.95. The van der Waals surface area contributed by atoms with Crippen LogP contribution in [0.5, 0.6) is 0 Å². The summed E-state index contributed by atoms with van der Waals surface area (Å²) < 4.78 is 0. The van der Waals surface area contributed by atoms with Crippen molar-refractivity contribution in [1.29, 1.82) is 0 Å². The number of allylic oxidation sites excluding steroid dienone is 3. The van der Waals surface area contributed by atoms with Gasteiger partial charge in [-0.1, -0.05) is 30.6 Å². The van der Waals surface area contributed by atoms with Gasteiger partial charge in [0.15, 0.2) is 0 Å². The van der Waals surface area contributed by atoms with Crippen molar-refractivity contribution in [3.05, 3.63) is 46.5 Å². The fourth-order valence-corrected chi connectivity index (χ4v) is 1.68. The molecular weight excluding hydrogens is 269 g/mol. The summed E-state index contributed by atoms with van der Waals surface area (Å²) >= 11 is 0. The largest absolute Gasteiger partial charge is 1.00 e. The number of hydrogen-bond donors (Lipinski definition) is 0. The Balaban J connectivity index is 0.00000196. The van der Waals surface area contributed by atoms with Gasteiger partial charge in [-0.05, 0) is 20.8 Å². The molecule has 0 saturated carbocycles. The molecule has 0 bridgehead atoms. The van der Waals surface area contributed by atoms with E-state index in [4.69, 9.17) is 0 Å². The first-order valence-electron chi connectivity index (χ1n) is 5.21. The first-order valence-corrected chi connectivity index (χ1v) is 5.21. The normalized spacial score (nSPS) is 10.8. The average molecular weight is 288 g/mol. The van der Waals surface area contributed by atoms with E-state index < -0.39 is 0 Å². The molecule has 0 heterocycles. The maximum atomic E-state index is 2.26. The van der Waals surface area contributed by atoms with Crippen LogP contribution >= 0.6 is 0 Å². The van der Waals surface area contributed by atoms with Crippen LogP contribution < -0.4 is 0 Å². The smallest absolute Gasteiger partial charge is 0.177 e. The van der Waals surface area contributed by atoms with Crippen LogP contribution in [0.3, 0.4) is 0 Å². The molecule has 0 unspecified atom stereocenters. The van der Waals surface area contributed by atoms with E-state index in [0.717, 1.165) is 6.42 Å². The summed E-state index contributed by atoms with van der Waals surface area (Å²) in [4.78, 5) is 0. The minimum atomic E-state index is 0. The van der Waals surface area contributed by atoms with E-state index >= 15 is 0 Å². The van der Waals surface area contributed by atoms with Crippen LogP contribution in [0.2, 0.25) is 0 Å². The molecule has 0 aromatic heterocycles. The Hall–Kier alpha value is -0.547. The van der Waals surface area contributed by atoms with E-state index in [1.165, 1.54) is 22.3 Å². The molecule has 0 amide bonds. The second-order valence-corrected chi connectivity index (χ2v) is 3.97. The fourth-order valence-electron chi connectivity index (χ4n) is 1.68. The zero-order chi connectivity index (χ0) is 10.6. The minimum Gasteiger partial charge on any atom is -0.177 e. The van der Waals surface area contributed by atoms with E-state index in [-0.39, 0.29) is 19.5 Å². The molecule has 0 atom stereocenters. The zero-order valence-corrected chi connectivity index (χ0v) is 11.7. The van der Waals surface area contributed by atoms with Crippen LogP contribution in [0.1, 0.15) is 38.8 Å². The third-order valence-corrected chi connectivity index (χ3v) is 2.22. The Morgan fingerprint density at radius 2 is 2.00 bits per heavy atom. The Bertz CT molecular complexity index is 349. The van der Waals surface area contributed by atoms with Gasteiger partial charge in [0.05, 0.1) is 0 Å². The summed E-state index contributed by atoms with van der Waals surface area (Å²) in [7, 11) is 0. The van der Waals surface area contributed by atoms with Gasteiger partial charge in [0.25, 0.3) is 0 Å². The predicted octanol–water partition coefficient (Wildman–Crippen LogP) is 4.33. The Kier molecular flexibility index (Phi) is 6.60. The third kappa shape index (κ3) is 4.66. The second-order valence-electron chi connectivity index (χ2n) is 3.97. The molecule has 0 fully saturated rings. The molecule has 0 spiro atoms. The molecule has 0 saturated heterocycles. The van der Waals surface area contributed by atoms with Crippen molar-refractivity contribution in [2.75, 3.05) is 0 Å². The van der Waals surface area contributed by atoms with E-state index in [1.54, 1.807) is 0 Å². The van der Waals surface area contributed by atoms with E-state index in [0.29, 0.717) is 0 Å². The van der Waals surface area contributed by atoms with Gasteiger partial charge in [0.2, 0.25) is 0 Å². The molecule has 1 aromatic carbocycles. The molecule has 0 aliphatic carbocycles. The summed E-state index contributed by atoms with van der Waals surface area (Å²) in [5, 5.41) is 0. The van der Waals surface area contributed by atoms with Gasteiger partial charge in [-0.15, -0.1) is 11.6 Å². The summed E-state index contributed by atoms with van der Waals surface area (Å²) in [6, 6.07) is 6.50. The Morgan fingerprint density at radius 1 is 1.33 bits per heavy atom. The molecule has 15 heavy (non-hydrogen) atoms. The van der Waals surface area contributed by atoms with Crippen molar-refractivity contribution in [1.82, 2.24) is 0 Å². The number of aryl methyl sites for hydroxylation is 1. The number of hydrogen-bond acceptors (Lipinski definition) is 0. The SMILES string of the molecule is CC[c-]1cccc1C=C(C)C=C(C)C.[Ru+]. The number of rotatable bonds is 3. The van der Waals surface area contributed by atoms with Crippen molar-refractivity contribution >= 4 is 6.08 Å². The van der Waals surface area contributed by atoms with Gasteiger partial charge in [-0.2, -0.15) is 23.8 Å². The molecule has 1 radical (unpaired) electrons. The monoisotopic (exact) mass is 289 g/mol. The van der Waals surface area contributed by atoms with Crippen LogP contribution in [0.15, 0.2) is 35.4 Å². The summed E-state index contributed by atoms with van der Waals surface area (Å²) in [6.45, 7) is 8.61. The van der Waals surface area contributed by atoms with Crippen molar-refractivity contribution < 1.29 is 19.5 Å². The summed E-state index contributed by atoms with van der Waals surface area (Å²) in [5.74, 6) is 0. The van der Waals surface area contributed by atoms with E-state index in [2.05, 4.69) is 58.0 Å². The molecule has 1 aromatic rings. The van der Waals surface area contributed by atoms with Crippen LogP contribution in [0.4, 0.5) is 0 Å². The molecule has 0 aliphatic rings. The summed E-state index contributed by atoms with van der Waals surface area (Å²) in [6.07, 6.45) is 5.58. The van der Waals surface area contributed by atoms with E-state index in [9.17, 15) is 0 Å². The molecule has 0 N–H and O–H groups in total. The van der Waals surface area contributed by atoms with Crippen LogP contribution in [0.25, 0.3) is 6.08 Å². The van der Waals surface area contributed by atoms with Crippen molar-refractivity contribution in [2.24, 2.45) is 0 Å². The molecule has 1 rings (SSSR count). The van der Waals surface area contributed by atoms with Crippen molar-refractivity contribution in [3.63, 3.8) is 0 Å². The minimum absolute atomic E-state index is 0. The van der Waals surface area contributed by atoms with Crippen LogP contribution in [-0.2, 0) is 25.9 Å². The average Bonchev–Trinajstić information content (AvgIpc) is 2.50. The quantitative estimate of drug-likeness (QED) is 0.441. The van der Waals surface area contributed by atoms with Gasteiger partial charge in [0, 0.05) is 0 Å².